The van der Waals surface area contributed by atoms with Crippen molar-refractivity contribution in [1.82, 2.24) is 4.90 Å². The van der Waals surface area contributed by atoms with Gasteiger partial charge in [0.2, 0.25) is 0 Å². The van der Waals surface area contributed by atoms with E-state index >= 15 is 0 Å². The Kier molecular flexibility index (Phi) is 3.36. The van der Waals surface area contributed by atoms with E-state index < -0.39 is 17.6 Å². The van der Waals surface area contributed by atoms with Crippen molar-refractivity contribution in [2.45, 2.75) is 37.9 Å². The van der Waals surface area contributed by atoms with E-state index in [1.54, 1.807) is 0 Å². The number of hydrogen-bond acceptors (Lipinski definition) is 3. The van der Waals surface area contributed by atoms with Crippen molar-refractivity contribution in [3.63, 3.8) is 0 Å². The zero-order valence-corrected chi connectivity index (χ0v) is 9.88. The zero-order chi connectivity index (χ0) is 12.5. The fraction of sp³-hybridized carbons (Fsp3) is 0.909. The van der Waals surface area contributed by atoms with Gasteiger partial charge in [0.15, 0.2) is 5.79 Å². The molecule has 0 radical (unpaired) electrons. The standard InChI is InChI=1S/C11H17F2NO3/c1-10(12,13)9(15)14-5-7-17-11(8-14)4-2-3-6-16-11/h2-8H2,1H3. The minimum Gasteiger partial charge on any atom is -0.348 e. The van der Waals surface area contributed by atoms with E-state index in [2.05, 4.69) is 0 Å². The summed E-state index contributed by atoms with van der Waals surface area (Å²) in [4.78, 5) is 12.7. The van der Waals surface area contributed by atoms with Crippen molar-refractivity contribution in [2.24, 2.45) is 0 Å². The summed E-state index contributed by atoms with van der Waals surface area (Å²) in [6, 6.07) is 0. The minimum absolute atomic E-state index is 0.106. The highest BCUT2D eigenvalue weighted by Gasteiger charge is 2.45. The fourth-order valence-electron chi connectivity index (χ4n) is 2.27. The number of nitrogens with zero attached hydrogens (tertiary/aromatic N) is 1. The molecule has 0 aromatic heterocycles. The third kappa shape index (κ3) is 2.74. The lowest BCUT2D eigenvalue weighted by molar-refractivity contribution is -0.282. The van der Waals surface area contributed by atoms with Crippen LogP contribution < -0.4 is 0 Å². The number of hydrogen-bond donors (Lipinski definition) is 0. The van der Waals surface area contributed by atoms with E-state index in [-0.39, 0.29) is 19.7 Å². The number of halogens is 2. The second-order valence-corrected chi connectivity index (χ2v) is 4.68. The van der Waals surface area contributed by atoms with Crippen molar-refractivity contribution in [3.8, 4) is 0 Å². The molecular formula is C11H17F2NO3. The predicted molar refractivity (Wildman–Crippen MR) is 55.7 cm³/mol. The second kappa shape index (κ2) is 4.49. The monoisotopic (exact) mass is 249 g/mol. The Balaban J connectivity index is 2.04. The molecular weight excluding hydrogens is 232 g/mol. The van der Waals surface area contributed by atoms with Crippen LogP contribution in [-0.4, -0.2) is 48.8 Å². The molecule has 2 saturated heterocycles. The summed E-state index contributed by atoms with van der Waals surface area (Å²) < 4.78 is 37.0. The van der Waals surface area contributed by atoms with Gasteiger partial charge in [0.1, 0.15) is 0 Å². The molecule has 1 unspecified atom stereocenters. The van der Waals surface area contributed by atoms with Crippen LogP contribution in [0.4, 0.5) is 8.78 Å². The maximum absolute atomic E-state index is 13.0. The Morgan fingerprint density at radius 1 is 1.29 bits per heavy atom. The van der Waals surface area contributed by atoms with Gasteiger partial charge in [-0.1, -0.05) is 0 Å². The van der Waals surface area contributed by atoms with Gasteiger partial charge in [-0.15, -0.1) is 0 Å². The van der Waals surface area contributed by atoms with Crippen LogP contribution in [0.15, 0.2) is 0 Å². The normalized spacial score (nSPS) is 30.6. The predicted octanol–water partition coefficient (Wildman–Crippen LogP) is 1.40. The lowest BCUT2D eigenvalue weighted by Gasteiger charge is -2.44. The largest absolute Gasteiger partial charge is 0.348 e. The van der Waals surface area contributed by atoms with Crippen molar-refractivity contribution >= 4 is 5.91 Å². The van der Waals surface area contributed by atoms with Gasteiger partial charge in [-0.05, 0) is 12.8 Å². The van der Waals surface area contributed by atoms with Crippen LogP contribution in [0.3, 0.4) is 0 Å². The van der Waals surface area contributed by atoms with Crippen LogP contribution in [-0.2, 0) is 14.3 Å². The molecule has 2 aliphatic rings. The van der Waals surface area contributed by atoms with Gasteiger partial charge in [-0.25, -0.2) is 0 Å². The topological polar surface area (TPSA) is 38.8 Å². The van der Waals surface area contributed by atoms with Gasteiger partial charge in [0.25, 0.3) is 5.91 Å². The van der Waals surface area contributed by atoms with Gasteiger partial charge in [0.05, 0.1) is 19.8 Å². The molecule has 0 N–H and O–H groups in total. The quantitative estimate of drug-likeness (QED) is 0.705. The van der Waals surface area contributed by atoms with Gasteiger partial charge < -0.3 is 14.4 Å². The molecule has 0 aromatic carbocycles. The lowest BCUT2D eigenvalue weighted by atomic mass is 10.0. The van der Waals surface area contributed by atoms with Crippen LogP contribution in [0, 0.1) is 0 Å². The molecule has 0 aromatic rings. The first-order valence-corrected chi connectivity index (χ1v) is 5.88. The molecule has 0 saturated carbocycles. The molecule has 2 fully saturated rings. The molecule has 1 atom stereocenters. The molecule has 2 aliphatic heterocycles. The summed E-state index contributed by atoms with van der Waals surface area (Å²) in [5, 5.41) is 0. The van der Waals surface area contributed by atoms with E-state index in [4.69, 9.17) is 9.47 Å². The van der Waals surface area contributed by atoms with Gasteiger partial charge in [0, 0.05) is 19.9 Å². The Hall–Kier alpha value is -0.750. The molecule has 1 spiro atoms. The summed E-state index contributed by atoms with van der Waals surface area (Å²) in [5.74, 6) is -5.32. The summed E-state index contributed by atoms with van der Waals surface area (Å²) >= 11 is 0. The van der Waals surface area contributed by atoms with Crippen molar-refractivity contribution in [1.29, 1.82) is 0 Å². The third-order valence-electron chi connectivity index (χ3n) is 3.14. The highest BCUT2D eigenvalue weighted by Crippen LogP contribution is 2.31. The summed E-state index contributed by atoms with van der Waals surface area (Å²) in [7, 11) is 0. The highest BCUT2D eigenvalue weighted by molar-refractivity contribution is 5.83. The maximum Gasteiger partial charge on any atom is 0.322 e. The summed E-state index contributed by atoms with van der Waals surface area (Å²) in [5.41, 5.74) is 0. The number of carbonyl (C=O) groups excluding carboxylic acids is 1. The summed E-state index contributed by atoms with van der Waals surface area (Å²) in [6.45, 7) is 1.74. The van der Waals surface area contributed by atoms with E-state index in [0.29, 0.717) is 20.0 Å². The Bertz CT molecular complexity index is 292. The molecule has 2 rings (SSSR count). The summed E-state index contributed by atoms with van der Waals surface area (Å²) in [6.07, 6.45) is 2.54. The molecule has 17 heavy (non-hydrogen) atoms. The van der Waals surface area contributed by atoms with Crippen LogP contribution >= 0.6 is 0 Å². The molecule has 4 nitrogen and oxygen atoms in total. The first-order chi connectivity index (χ1) is 7.93. The first kappa shape index (κ1) is 12.7. The molecule has 0 bridgehead atoms. The molecule has 98 valence electrons. The number of amides is 1. The van der Waals surface area contributed by atoms with Gasteiger partial charge in [-0.2, -0.15) is 8.78 Å². The van der Waals surface area contributed by atoms with Crippen molar-refractivity contribution in [2.75, 3.05) is 26.3 Å². The SMILES string of the molecule is CC(F)(F)C(=O)N1CCOC2(CCCCO2)C1. The number of alkyl halides is 2. The number of carbonyl (C=O) groups is 1. The number of rotatable bonds is 1. The number of ether oxygens (including phenoxy) is 2. The molecule has 0 aliphatic carbocycles. The van der Waals surface area contributed by atoms with E-state index in [0.717, 1.165) is 17.7 Å². The van der Waals surface area contributed by atoms with Crippen molar-refractivity contribution < 1.29 is 23.0 Å². The minimum atomic E-state index is -3.33. The fourth-order valence-corrected chi connectivity index (χ4v) is 2.27. The van der Waals surface area contributed by atoms with Crippen LogP contribution in [0.2, 0.25) is 0 Å². The Morgan fingerprint density at radius 3 is 2.59 bits per heavy atom. The second-order valence-electron chi connectivity index (χ2n) is 4.68. The van der Waals surface area contributed by atoms with E-state index in [1.807, 2.05) is 0 Å². The lowest BCUT2D eigenvalue weighted by Crippen LogP contribution is -2.58. The smallest absolute Gasteiger partial charge is 0.322 e. The third-order valence-corrected chi connectivity index (χ3v) is 3.14. The maximum atomic E-state index is 13.0. The highest BCUT2D eigenvalue weighted by atomic mass is 19.3. The van der Waals surface area contributed by atoms with Crippen molar-refractivity contribution in [3.05, 3.63) is 0 Å². The zero-order valence-electron chi connectivity index (χ0n) is 9.88. The average molecular weight is 249 g/mol. The molecule has 2 heterocycles. The van der Waals surface area contributed by atoms with Crippen LogP contribution in [0.5, 0.6) is 0 Å². The van der Waals surface area contributed by atoms with Crippen LogP contribution in [0.1, 0.15) is 26.2 Å². The molecule has 1 amide bonds. The van der Waals surface area contributed by atoms with Crippen LogP contribution in [0.25, 0.3) is 0 Å². The van der Waals surface area contributed by atoms with E-state index in [9.17, 15) is 13.6 Å². The van der Waals surface area contributed by atoms with Gasteiger partial charge >= 0.3 is 5.92 Å². The molecule has 6 heteroatoms. The number of morpholine rings is 1. The Labute approximate surface area is 98.9 Å². The first-order valence-electron chi connectivity index (χ1n) is 5.88. The van der Waals surface area contributed by atoms with E-state index in [1.165, 1.54) is 0 Å². The van der Waals surface area contributed by atoms with Gasteiger partial charge in [-0.3, -0.25) is 4.79 Å². The Morgan fingerprint density at radius 2 is 2.00 bits per heavy atom. The average Bonchev–Trinajstić information content (AvgIpc) is 2.28.